The van der Waals surface area contributed by atoms with E-state index in [0.717, 1.165) is 12.0 Å². The highest BCUT2D eigenvalue weighted by molar-refractivity contribution is 7.10. The molecule has 0 aliphatic heterocycles. The Morgan fingerprint density at radius 1 is 1.75 bits per heavy atom. The second-order valence-corrected chi connectivity index (χ2v) is 3.35. The van der Waals surface area contributed by atoms with Crippen molar-refractivity contribution in [1.29, 1.82) is 0 Å². The fourth-order valence-corrected chi connectivity index (χ4v) is 1.96. The van der Waals surface area contributed by atoms with E-state index >= 15 is 0 Å². The average molecular weight is 186 g/mol. The van der Waals surface area contributed by atoms with Gasteiger partial charge in [0.2, 0.25) is 0 Å². The smallest absolute Gasteiger partial charge is 0.338 e. The second kappa shape index (κ2) is 3.69. The van der Waals surface area contributed by atoms with Crippen LogP contribution in [0.2, 0.25) is 0 Å². The van der Waals surface area contributed by atoms with Crippen LogP contribution in [-0.4, -0.2) is 16.2 Å². The number of thiophene rings is 1. The number of hydrogen-bond donors (Lipinski definition) is 2. The van der Waals surface area contributed by atoms with Crippen LogP contribution in [0, 0.1) is 0 Å². The highest BCUT2D eigenvalue weighted by Crippen LogP contribution is 2.24. The molecule has 1 aromatic heterocycles. The molecule has 1 atom stereocenters. The van der Waals surface area contributed by atoms with Gasteiger partial charge in [0.1, 0.15) is 0 Å². The van der Waals surface area contributed by atoms with Crippen LogP contribution in [0.3, 0.4) is 0 Å². The normalized spacial score (nSPS) is 12.8. The number of aliphatic carboxylic acids is 1. The average Bonchev–Trinajstić information content (AvgIpc) is 2.49. The van der Waals surface area contributed by atoms with E-state index in [1.807, 2.05) is 13.0 Å². The predicted octanol–water partition coefficient (Wildman–Crippen LogP) is 1.43. The van der Waals surface area contributed by atoms with Crippen molar-refractivity contribution in [1.82, 2.24) is 0 Å². The minimum absolute atomic E-state index is 0.546. The van der Waals surface area contributed by atoms with E-state index in [2.05, 4.69) is 0 Å². The monoisotopic (exact) mass is 186 g/mol. The third kappa shape index (κ3) is 1.65. The minimum Gasteiger partial charge on any atom is -0.479 e. The Hall–Kier alpha value is -0.870. The SMILES string of the molecule is CCc1ccsc1C(O)C(=O)O. The molecule has 0 bridgehead atoms. The first-order chi connectivity index (χ1) is 5.66. The highest BCUT2D eigenvalue weighted by atomic mass is 32.1. The summed E-state index contributed by atoms with van der Waals surface area (Å²) in [5.74, 6) is -1.19. The summed E-state index contributed by atoms with van der Waals surface area (Å²) in [6.07, 6.45) is -0.608. The number of hydrogen-bond acceptors (Lipinski definition) is 3. The Balaban J connectivity index is 2.93. The van der Waals surface area contributed by atoms with E-state index in [4.69, 9.17) is 5.11 Å². The zero-order valence-corrected chi connectivity index (χ0v) is 7.47. The summed E-state index contributed by atoms with van der Waals surface area (Å²) < 4.78 is 0. The lowest BCUT2D eigenvalue weighted by atomic mass is 10.1. The lowest BCUT2D eigenvalue weighted by molar-refractivity contribution is -0.146. The number of carbonyl (C=O) groups is 1. The molecule has 0 saturated heterocycles. The minimum atomic E-state index is -1.36. The van der Waals surface area contributed by atoms with E-state index in [9.17, 15) is 9.90 Å². The summed E-state index contributed by atoms with van der Waals surface area (Å²) >= 11 is 1.28. The van der Waals surface area contributed by atoms with Gasteiger partial charge in [-0.15, -0.1) is 11.3 Å². The molecule has 12 heavy (non-hydrogen) atoms. The van der Waals surface area contributed by atoms with Gasteiger partial charge in [-0.05, 0) is 23.4 Å². The van der Waals surface area contributed by atoms with Crippen LogP contribution in [0.5, 0.6) is 0 Å². The Labute approximate surface area is 74.3 Å². The van der Waals surface area contributed by atoms with Gasteiger partial charge < -0.3 is 10.2 Å². The van der Waals surface area contributed by atoms with Gasteiger partial charge >= 0.3 is 5.97 Å². The van der Waals surface area contributed by atoms with Crippen molar-refractivity contribution in [3.8, 4) is 0 Å². The number of aliphatic hydroxyl groups is 1. The quantitative estimate of drug-likeness (QED) is 0.750. The van der Waals surface area contributed by atoms with Gasteiger partial charge in [0, 0.05) is 4.88 Å². The van der Waals surface area contributed by atoms with Gasteiger partial charge in [-0.25, -0.2) is 4.79 Å². The fraction of sp³-hybridized carbons (Fsp3) is 0.375. The molecule has 0 aromatic carbocycles. The summed E-state index contributed by atoms with van der Waals surface area (Å²) in [7, 11) is 0. The van der Waals surface area contributed by atoms with Gasteiger partial charge in [0.05, 0.1) is 0 Å². The van der Waals surface area contributed by atoms with E-state index < -0.39 is 12.1 Å². The van der Waals surface area contributed by atoms with Crippen LogP contribution in [0.4, 0.5) is 0 Å². The van der Waals surface area contributed by atoms with Crippen molar-refractivity contribution in [2.45, 2.75) is 19.4 Å². The van der Waals surface area contributed by atoms with Crippen molar-refractivity contribution >= 4 is 17.3 Å². The van der Waals surface area contributed by atoms with E-state index in [0.29, 0.717) is 4.88 Å². The molecular formula is C8H10O3S. The van der Waals surface area contributed by atoms with E-state index in [-0.39, 0.29) is 0 Å². The molecule has 3 nitrogen and oxygen atoms in total. The number of carboxylic acid groups (broad SMARTS) is 1. The predicted molar refractivity (Wildman–Crippen MR) is 46.3 cm³/mol. The van der Waals surface area contributed by atoms with Gasteiger partial charge in [-0.1, -0.05) is 6.92 Å². The Morgan fingerprint density at radius 3 is 2.92 bits per heavy atom. The molecule has 1 aromatic rings. The fourth-order valence-electron chi connectivity index (χ4n) is 0.992. The number of aryl methyl sites for hydroxylation is 1. The molecule has 1 heterocycles. The van der Waals surface area contributed by atoms with Crippen LogP contribution in [-0.2, 0) is 11.2 Å². The third-order valence-corrected chi connectivity index (χ3v) is 2.66. The van der Waals surface area contributed by atoms with Gasteiger partial charge in [-0.3, -0.25) is 0 Å². The molecule has 0 radical (unpaired) electrons. The van der Waals surface area contributed by atoms with Crippen LogP contribution in [0.1, 0.15) is 23.5 Å². The largest absolute Gasteiger partial charge is 0.479 e. The second-order valence-electron chi connectivity index (χ2n) is 2.40. The molecule has 1 unspecified atom stereocenters. The third-order valence-electron chi connectivity index (χ3n) is 1.64. The lowest BCUT2D eigenvalue weighted by Crippen LogP contribution is -2.10. The lowest BCUT2D eigenvalue weighted by Gasteiger charge is -2.04. The van der Waals surface area contributed by atoms with E-state index in [1.165, 1.54) is 11.3 Å². The zero-order valence-electron chi connectivity index (χ0n) is 6.65. The molecule has 66 valence electrons. The molecule has 0 fully saturated rings. The summed E-state index contributed by atoms with van der Waals surface area (Å²) in [4.78, 5) is 11.0. The van der Waals surface area contributed by atoms with Crippen molar-refractivity contribution < 1.29 is 15.0 Å². The van der Waals surface area contributed by atoms with Crippen molar-refractivity contribution in [3.63, 3.8) is 0 Å². The molecule has 2 N–H and O–H groups in total. The first-order valence-electron chi connectivity index (χ1n) is 3.64. The van der Waals surface area contributed by atoms with Crippen LogP contribution in [0.15, 0.2) is 11.4 Å². The van der Waals surface area contributed by atoms with Crippen LogP contribution < -0.4 is 0 Å². The Morgan fingerprint density at radius 2 is 2.42 bits per heavy atom. The Kier molecular flexibility index (Phi) is 2.83. The number of carboxylic acids is 1. The first-order valence-corrected chi connectivity index (χ1v) is 4.52. The van der Waals surface area contributed by atoms with Gasteiger partial charge in [0.15, 0.2) is 6.10 Å². The van der Waals surface area contributed by atoms with E-state index in [1.54, 1.807) is 5.38 Å². The molecule has 4 heteroatoms. The summed E-state index contributed by atoms with van der Waals surface area (Å²) in [6.45, 7) is 1.93. The maximum atomic E-state index is 10.4. The van der Waals surface area contributed by atoms with Crippen LogP contribution >= 0.6 is 11.3 Å². The van der Waals surface area contributed by atoms with Crippen LogP contribution in [0.25, 0.3) is 0 Å². The molecule has 0 saturated carbocycles. The standard InChI is InChI=1S/C8H10O3S/c1-2-5-3-4-12-7(5)6(9)8(10)11/h3-4,6,9H,2H2,1H3,(H,10,11). The summed E-state index contributed by atoms with van der Waals surface area (Å²) in [6, 6.07) is 1.84. The molecule has 1 rings (SSSR count). The van der Waals surface area contributed by atoms with Gasteiger partial charge in [0.25, 0.3) is 0 Å². The molecule has 0 aliphatic carbocycles. The van der Waals surface area contributed by atoms with Crippen molar-refractivity contribution in [2.75, 3.05) is 0 Å². The molecule has 0 aliphatic rings. The van der Waals surface area contributed by atoms with Crippen molar-refractivity contribution in [3.05, 3.63) is 21.9 Å². The Bertz CT molecular complexity index is 280. The molecule has 0 spiro atoms. The zero-order chi connectivity index (χ0) is 9.14. The highest BCUT2D eigenvalue weighted by Gasteiger charge is 2.19. The number of aliphatic hydroxyl groups excluding tert-OH is 1. The summed E-state index contributed by atoms with van der Waals surface area (Å²) in [5, 5.41) is 19.5. The summed E-state index contributed by atoms with van der Waals surface area (Å²) in [5.41, 5.74) is 0.912. The first kappa shape index (κ1) is 9.22. The molecule has 0 amide bonds. The maximum absolute atomic E-state index is 10.4. The topological polar surface area (TPSA) is 57.5 Å². The maximum Gasteiger partial charge on any atom is 0.338 e. The van der Waals surface area contributed by atoms with Crippen molar-refractivity contribution in [2.24, 2.45) is 0 Å². The number of rotatable bonds is 3. The van der Waals surface area contributed by atoms with Gasteiger partial charge in [-0.2, -0.15) is 0 Å². The molecular weight excluding hydrogens is 176 g/mol.